The van der Waals surface area contributed by atoms with Gasteiger partial charge in [0.15, 0.2) is 0 Å². The second kappa shape index (κ2) is 7.63. The number of rotatable bonds is 4. The number of carbonyl (C=O) groups excluding carboxylic acids is 1. The van der Waals surface area contributed by atoms with Gasteiger partial charge in [-0.3, -0.25) is 4.79 Å². The number of piperidine rings is 1. The summed E-state index contributed by atoms with van der Waals surface area (Å²) < 4.78 is 0. The Morgan fingerprint density at radius 1 is 0.913 bits per heavy atom. The van der Waals surface area contributed by atoms with Gasteiger partial charge in [-0.05, 0) is 55.2 Å². The lowest BCUT2D eigenvalue weighted by Gasteiger charge is -2.28. The lowest BCUT2D eigenvalue weighted by atomic mass is 10.1. The van der Waals surface area contributed by atoms with Crippen molar-refractivity contribution in [2.75, 3.05) is 23.3 Å². The maximum Gasteiger partial charge on any atom is 0.248 e. The van der Waals surface area contributed by atoms with Gasteiger partial charge in [-0.25, -0.2) is 0 Å². The summed E-state index contributed by atoms with van der Waals surface area (Å²) >= 11 is 0. The van der Waals surface area contributed by atoms with Crippen molar-refractivity contribution in [3.05, 3.63) is 66.2 Å². The smallest absolute Gasteiger partial charge is 0.248 e. The first-order valence-corrected chi connectivity index (χ1v) is 8.20. The highest BCUT2D eigenvalue weighted by molar-refractivity contribution is 6.02. The largest absolute Gasteiger partial charge is 0.372 e. The van der Waals surface area contributed by atoms with Crippen LogP contribution in [0.3, 0.4) is 0 Å². The molecule has 1 aliphatic heterocycles. The third kappa shape index (κ3) is 4.46. The first-order valence-electron chi connectivity index (χ1n) is 8.20. The Bertz CT molecular complexity index is 656. The Morgan fingerprint density at radius 3 is 2.30 bits per heavy atom. The third-order valence-corrected chi connectivity index (χ3v) is 4.08. The molecule has 3 heteroatoms. The molecule has 0 saturated carbocycles. The van der Waals surface area contributed by atoms with Crippen LogP contribution in [0.2, 0.25) is 0 Å². The van der Waals surface area contributed by atoms with Crippen LogP contribution < -0.4 is 10.2 Å². The van der Waals surface area contributed by atoms with Crippen LogP contribution in [0.4, 0.5) is 11.4 Å². The van der Waals surface area contributed by atoms with Crippen LogP contribution in [-0.2, 0) is 4.79 Å². The van der Waals surface area contributed by atoms with E-state index in [4.69, 9.17) is 0 Å². The molecule has 2 aromatic carbocycles. The lowest BCUT2D eigenvalue weighted by Crippen LogP contribution is -2.29. The summed E-state index contributed by atoms with van der Waals surface area (Å²) in [4.78, 5) is 14.4. The average molecular weight is 306 g/mol. The van der Waals surface area contributed by atoms with Crippen LogP contribution in [0, 0.1) is 0 Å². The summed E-state index contributed by atoms with van der Waals surface area (Å²) in [5.41, 5.74) is 3.08. The number of hydrogen-bond acceptors (Lipinski definition) is 2. The van der Waals surface area contributed by atoms with Gasteiger partial charge in [0.1, 0.15) is 0 Å². The molecule has 3 rings (SSSR count). The topological polar surface area (TPSA) is 32.3 Å². The molecule has 1 amide bonds. The van der Waals surface area contributed by atoms with Crippen LogP contribution in [0.5, 0.6) is 0 Å². The fourth-order valence-electron chi connectivity index (χ4n) is 2.83. The minimum atomic E-state index is -0.112. The zero-order valence-electron chi connectivity index (χ0n) is 13.2. The Hall–Kier alpha value is -2.55. The maximum atomic E-state index is 12.0. The van der Waals surface area contributed by atoms with Gasteiger partial charge in [0.2, 0.25) is 5.91 Å². The van der Waals surface area contributed by atoms with Crippen LogP contribution in [0.15, 0.2) is 60.7 Å². The summed E-state index contributed by atoms with van der Waals surface area (Å²) in [5.74, 6) is -0.112. The van der Waals surface area contributed by atoms with E-state index in [0.29, 0.717) is 0 Å². The minimum absolute atomic E-state index is 0.112. The van der Waals surface area contributed by atoms with Crippen molar-refractivity contribution in [1.82, 2.24) is 0 Å². The van der Waals surface area contributed by atoms with Crippen molar-refractivity contribution in [2.24, 2.45) is 0 Å². The van der Waals surface area contributed by atoms with Crippen LogP contribution >= 0.6 is 0 Å². The molecular formula is C20H22N2O. The van der Waals surface area contributed by atoms with Gasteiger partial charge in [0, 0.05) is 30.5 Å². The minimum Gasteiger partial charge on any atom is -0.372 e. The van der Waals surface area contributed by atoms with Crippen molar-refractivity contribution in [3.63, 3.8) is 0 Å². The van der Waals surface area contributed by atoms with E-state index >= 15 is 0 Å². The number of amides is 1. The molecule has 0 atom stereocenters. The summed E-state index contributed by atoms with van der Waals surface area (Å²) in [6, 6.07) is 17.9. The van der Waals surface area contributed by atoms with Crippen molar-refractivity contribution in [1.29, 1.82) is 0 Å². The maximum absolute atomic E-state index is 12.0. The van der Waals surface area contributed by atoms with Gasteiger partial charge in [0.25, 0.3) is 0 Å². The van der Waals surface area contributed by atoms with Gasteiger partial charge in [-0.2, -0.15) is 0 Å². The molecule has 0 aromatic heterocycles. The number of anilines is 2. The SMILES string of the molecule is O=C(/C=C/c1ccccc1)Nc1ccc(N2CCCCC2)cc1. The van der Waals surface area contributed by atoms with E-state index in [1.54, 1.807) is 6.08 Å². The molecule has 0 aliphatic carbocycles. The molecule has 118 valence electrons. The Balaban J connectivity index is 1.57. The molecule has 1 heterocycles. The second-order valence-corrected chi connectivity index (χ2v) is 5.83. The summed E-state index contributed by atoms with van der Waals surface area (Å²) in [7, 11) is 0. The number of hydrogen-bond donors (Lipinski definition) is 1. The number of benzene rings is 2. The van der Waals surface area contributed by atoms with Gasteiger partial charge in [-0.1, -0.05) is 30.3 Å². The Kier molecular flexibility index (Phi) is 5.09. The monoisotopic (exact) mass is 306 g/mol. The highest BCUT2D eigenvalue weighted by Crippen LogP contribution is 2.21. The molecule has 0 unspecified atom stereocenters. The molecule has 0 radical (unpaired) electrons. The standard InChI is InChI=1S/C20H22N2O/c23-20(14-9-17-7-3-1-4-8-17)21-18-10-12-19(13-11-18)22-15-5-2-6-16-22/h1,3-4,7-14H,2,5-6,15-16H2,(H,21,23)/b14-9+. The van der Waals surface area contributed by atoms with Gasteiger partial charge < -0.3 is 10.2 Å². The molecule has 1 N–H and O–H groups in total. The van der Waals surface area contributed by atoms with E-state index in [2.05, 4.69) is 22.3 Å². The third-order valence-electron chi connectivity index (χ3n) is 4.08. The normalized spacial score (nSPS) is 14.9. The van der Waals surface area contributed by atoms with E-state index in [1.807, 2.05) is 48.5 Å². The van der Waals surface area contributed by atoms with Crippen molar-refractivity contribution < 1.29 is 4.79 Å². The predicted molar refractivity (Wildman–Crippen MR) is 96.6 cm³/mol. The first-order chi connectivity index (χ1) is 11.3. The van der Waals surface area contributed by atoms with Crippen LogP contribution in [0.25, 0.3) is 6.08 Å². The van der Waals surface area contributed by atoms with Crippen molar-refractivity contribution >= 4 is 23.4 Å². The van der Waals surface area contributed by atoms with Gasteiger partial charge >= 0.3 is 0 Å². The van der Waals surface area contributed by atoms with Gasteiger partial charge in [-0.15, -0.1) is 0 Å². The van der Waals surface area contributed by atoms with E-state index in [1.165, 1.54) is 24.9 Å². The molecule has 2 aromatic rings. The van der Waals surface area contributed by atoms with E-state index in [9.17, 15) is 4.79 Å². The fraction of sp³-hybridized carbons (Fsp3) is 0.250. The zero-order chi connectivity index (χ0) is 15.9. The summed E-state index contributed by atoms with van der Waals surface area (Å²) in [5, 5.41) is 2.90. The quantitative estimate of drug-likeness (QED) is 0.853. The van der Waals surface area contributed by atoms with Crippen molar-refractivity contribution in [2.45, 2.75) is 19.3 Å². The van der Waals surface area contributed by atoms with Gasteiger partial charge in [0.05, 0.1) is 0 Å². The predicted octanol–water partition coefficient (Wildman–Crippen LogP) is 4.33. The highest BCUT2D eigenvalue weighted by atomic mass is 16.1. The molecule has 1 fully saturated rings. The second-order valence-electron chi connectivity index (χ2n) is 5.83. The Morgan fingerprint density at radius 2 is 1.61 bits per heavy atom. The van der Waals surface area contributed by atoms with Crippen LogP contribution in [0.1, 0.15) is 24.8 Å². The fourth-order valence-corrected chi connectivity index (χ4v) is 2.83. The average Bonchev–Trinajstić information content (AvgIpc) is 2.62. The molecule has 0 bridgehead atoms. The molecule has 23 heavy (non-hydrogen) atoms. The molecule has 1 saturated heterocycles. The lowest BCUT2D eigenvalue weighted by molar-refractivity contribution is -0.111. The van der Waals surface area contributed by atoms with E-state index in [-0.39, 0.29) is 5.91 Å². The van der Waals surface area contributed by atoms with E-state index < -0.39 is 0 Å². The van der Waals surface area contributed by atoms with Crippen molar-refractivity contribution in [3.8, 4) is 0 Å². The Labute approximate surface area is 137 Å². The molecular weight excluding hydrogens is 284 g/mol. The summed E-state index contributed by atoms with van der Waals surface area (Å²) in [6.07, 6.45) is 7.25. The van der Waals surface area contributed by atoms with E-state index in [0.717, 1.165) is 24.3 Å². The summed E-state index contributed by atoms with van der Waals surface area (Å²) in [6.45, 7) is 2.26. The molecule has 3 nitrogen and oxygen atoms in total. The molecule has 0 spiro atoms. The van der Waals surface area contributed by atoms with Crippen LogP contribution in [-0.4, -0.2) is 19.0 Å². The number of carbonyl (C=O) groups is 1. The number of nitrogens with one attached hydrogen (secondary N) is 1. The molecule has 1 aliphatic rings. The highest BCUT2D eigenvalue weighted by Gasteiger charge is 2.10. The number of nitrogens with zero attached hydrogens (tertiary/aromatic N) is 1. The zero-order valence-corrected chi connectivity index (χ0v) is 13.2. The first kappa shape index (κ1) is 15.3.